The van der Waals surface area contributed by atoms with Gasteiger partial charge in [0.25, 0.3) is 0 Å². The maximum Gasteiger partial charge on any atom is 0.416 e. The van der Waals surface area contributed by atoms with E-state index in [2.05, 4.69) is 15.1 Å². The first-order valence-corrected chi connectivity index (χ1v) is 13.3. The molecule has 5 nitrogen and oxygen atoms in total. The fraction of sp³-hybridized carbons (Fsp3) is 0.519. The molecule has 9 heteroatoms. The molecular formula is C27H35F3N4OS. The van der Waals surface area contributed by atoms with Gasteiger partial charge in [0, 0.05) is 61.0 Å². The van der Waals surface area contributed by atoms with E-state index in [9.17, 15) is 18.0 Å². The Labute approximate surface area is 216 Å². The third-order valence-corrected chi connectivity index (χ3v) is 7.80. The van der Waals surface area contributed by atoms with Gasteiger partial charge < -0.3 is 15.1 Å². The molecule has 0 aromatic heterocycles. The molecule has 0 aliphatic carbocycles. The summed E-state index contributed by atoms with van der Waals surface area (Å²) in [4.78, 5) is 20.8. The Bertz CT molecular complexity index is 1060. The third-order valence-electron chi connectivity index (χ3n) is 6.67. The van der Waals surface area contributed by atoms with E-state index in [1.54, 1.807) is 6.07 Å². The van der Waals surface area contributed by atoms with Crippen molar-refractivity contribution in [2.75, 3.05) is 57.3 Å². The van der Waals surface area contributed by atoms with Crippen LogP contribution in [0.5, 0.6) is 0 Å². The van der Waals surface area contributed by atoms with Gasteiger partial charge in [0.15, 0.2) is 0 Å². The SMILES string of the molecule is CC(C)(C)C(=O)NCCN1CCN(CCCN2c3ccccc3Sc3ccc(C(F)(F)F)cc32)CC1. The normalized spacial score (nSPS) is 17.0. The highest BCUT2D eigenvalue weighted by Crippen LogP contribution is 2.49. The number of carbonyl (C=O) groups is 1. The highest BCUT2D eigenvalue weighted by atomic mass is 32.2. The average molecular weight is 521 g/mol. The molecule has 2 aromatic rings. The van der Waals surface area contributed by atoms with E-state index in [-0.39, 0.29) is 11.3 Å². The van der Waals surface area contributed by atoms with Gasteiger partial charge in [-0.25, -0.2) is 0 Å². The molecule has 1 saturated heterocycles. The summed E-state index contributed by atoms with van der Waals surface area (Å²) in [5, 5.41) is 3.01. The van der Waals surface area contributed by atoms with Gasteiger partial charge in [-0.1, -0.05) is 44.7 Å². The Morgan fingerprint density at radius 1 is 0.889 bits per heavy atom. The molecule has 2 heterocycles. The number of hydrogen-bond acceptors (Lipinski definition) is 5. The van der Waals surface area contributed by atoms with Crippen molar-refractivity contribution in [1.82, 2.24) is 15.1 Å². The molecule has 0 spiro atoms. The largest absolute Gasteiger partial charge is 0.416 e. The fourth-order valence-corrected chi connectivity index (χ4v) is 5.60. The van der Waals surface area contributed by atoms with Crippen LogP contribution in [-0.2, 0) is 11.0 Å². The Morgan fingerprint density at radius 3 is 2.19 bits per heavy atom. The summed E-state index contributed by atoms with van der Waals surface area (Å²) in [7, 11) is 0. The van der Waals surface area contributed by atoms with Crippen LogP contribution in [0, 0.1) is 5.41 Å². The predicted octanol–water partition coefficient (Wildman–Crippen LogP) is 5.48. The molecule has 0 atom stereocenters. The number of benzene rings is 2. The number of rotatable bonds is 7. The summed E-state index contributed by atoms with van der Waals surface area (Å²) >= 11 is 1.53. The van der Waals surface area contributed by atoms with Crippen molar-refractivity contribution in [3.63, 3.8) is 0 Å². The molecule has 0 bridgehead atoms. The van der Waals surface area contributed by atoms with Gasteiger partial charge in [0.2, 0.25) is 5.91 Å². The first-order chi connectivity index (χ1) is 17.0. The van der Waals surface area contributed by atoms with Gasteiger partial charge in [-0.05, 0) is 43.3 Å². The first-order valence-electron chi connectivity index (χ1n) is 12.5. The van der Waals surface area contributed by atoms with E-state index in [4.69, 9.17) is 0 Å². The summed E-state index contributed by atoms with van der Waals surface area (Å²) in [5.41, 5.74) is 0.620. The molecule has 36 heavy (non-hydrogen) atoms. The third kappa shape index (κ3) is 6.55. The van der Waals surface area contributed by atoms with E-state index >= 15 is 0 Å². The lowest BCUT2D eigenvalue weighted by Crippen LogP contribution is -2.49. The van der Waals surface area contributed by atoms with Crippen LogP contribution in [0.2, 0.25) is 0 Å². The fourth-order valence-electron chi connectivity index (χ4n) is 4.53. The number of nitrogens with zero attached hydrogens (tertiary/aromatic N) is 3. The van der Waals surface area contributed by atoms with Crippen LogP contribution in [0.3, 0.4) is 0 Å². The monoisotopic (exact) mass is 520 g/mol. The molecule has 1 amide bonds. The van der Waals surface area contributed by atoms with Gasteiger partial charge >= 0.3 is 6.18 Å². The number of amides is 1. The molecule has 2 aromatic carbocycles. The molecule has 0 saturated carbocycles. The predicted molar refractivity (Wildman–Crippen MR) is 139 cm³/mol. The van der Waals surface area contributed by atoms with E-state index < -0.39 is 11.7 Å². The van der Waals surface area contributed by atoms with Gasteiger partial charge in [-0.15, -0.1) is 0 Å². The minimum absolute atomic E-state index is 0.0720. The molecule has 2 aliphatic rings. The summed E-state index contributed by atoms with van der Waals surface area (Å²) in [6.07, 6.45) is -3.51. The molecule has 4 rings (SSSR count). The van der Waals surface area contributed by atoms with Crippen LogP contribution in [0.4, 0.5) is 24.5 Å². The number of piperazine rings is 1. The quantitative estimate of drug-likeness (QED) is 0.524. The number of nitrogens with one attached hydrogen (secondary N) is 1. The lowest BCUT2D eigenvalue weighted by Gasteiger charge is -2.36. The van der Waals surface area contributed by atoms with Crippen LogP contribution in [0.1, 0.15) is 32.8 Å². The van der Waals surface area contributed by atoms with Crippen LogP contribution < -0.4 is 10.2 Å². The summed E-state index contributed by atoms with van der Waals surface area (Å²) in [5.74, 6) is 0.0720. The number of anilines is 2. The van der Waals surface area contributed by atoms with E-state index in [1.807, 2.05) is 49.9 Å². The van der Waals surface area contributed by atoms with Crippen molar-refractivity contribution in [1.29, 1.82) is 0 Å². The van der Waals surface area contributed by atoms with E-state index in [0.29, 0.717) is 18.8 Å². The number of hydrogen-bond donors (Lipinski definition) is 1. The molecular weight excluding hydrogens is 485 g/mol. The maximum atomic E-state index is 13.4. The van der Waals surface area contributed by atoms with Crippen LogP contribution in [0.15, 0.2) is 52.3 Å². The van der Waals surface area contributed by atoms with Crippen molar-refractivity contribution in [2.24, 2.45) is 5.41 Å². The van der Waals surface area contributed by atoms with Crippen molar-refractivity contribution in [3.05, 3.63) is 48.0 Å². The van der Waals surface area contributed by atoms with Crippen LogP contribution in [0.25, 0.3) is 0 Å². The van der Waals surface area contributed by atoms with Crippen molar-refractivity contribution in [2.45, 2.75) is 43.2 Å². The Hall–Kier alpha value is -2.23. The topological polar surface area (TPSA) is 38.8 Å². The van der Waals surface area contributed by atoms with Gasteiger partial charge in [0.05, 0.1) is 16.9 Å². The summed E-state index contributed by atoms with van der Waals surface area (Å²) < 4.78 is 40.3. The smallest absolute Gasteiger partial charge is 0.354 e. The molecule has 2 aliphatic heterocycles. The van der Waals surface area contributed by atoms with Gasteiger partial charge in [-0.2, -0.15) is 13.2 Å². The molecule has 1 N–H and O–H groups in total. The second kappa shape index (κ2) is 11.0. The summed E-state index contributed by atoms with van der Waals surface area (Å²) in [6.45, 7) is 12.6. The zero-order valence-corrected chi connectivity index (χ0v) is 22.0. The number of halogens is 3. The van der Waals surface area contributed by atoms with Crippen LogP contribution in [-0.4, -0.2) is 68.1 Å². The molecule has 196 valence electrons. The Kier molecular flexibility index (Phi) is 8.22. The van der Waals surface area contributed by atoms with Crippen molar-refractivity contribution >= 4 is 29.0 Å². The highest BCUT2D eigenvalue weighted by Gasteiger charge is 2.33. The molecule has 0 unspecified atom stereocenters. The van der Waals surface area contributed by atoms with E-state index in [0.717, 1.165) is 61.2 Å². The number of fused-ring (bicyclic) bond motifs is 2. The number of alkyl halides is 3. The molecule has 1 fully saturated rings. The van der Waals surface area contributed by atoms with Gasteiger partial charge in [0.1, 0.15) is 0 Å². The zero-order chi connectivity index (χ0) is 25.9. The zero-order valence-electron chi connectivity index (χ0n) is 21.2. The number of carbonyl (C=O) groups excluding carboxylic acids is 1. The minimum atomic E-state index is -4.36. The standard InChI is InChI=1S/C27H35F3N4OS/c1-26(2,3)25(35)31-11-14-33-17-15-32(16-18-33)12-6-13-34-21-7-4-5-8-23(21)36-24-10-9-20(19-22(24)34)27(28,29)30/h4-5,7-10,19H,6,11-18H2,1-3H3,(H,31,35). The van der Waals surface area contributed by atoms with E-state index in [1.165, 1.54) is 23.9 Å². The highest BCUT2D eigenvalue weighted by molar-refractivity contribution is 7.99. The lowest BCUT2D eigenvalue weighted by atomic mass is 9.96. The minimum Gasteiger partial charge on any atom is -0.354 e. The maximum absolute atomic E-state index is 13.4. The second-order valence-corrected chi connectivity index (χ2v) is 11.5. The Balaban J connectivity index is 1.31. The summed E-state index contributed by atoms with van der Waals surface area (Å²) in [6, 6.07) is 12.0. The van der Waals surface area contributed by atoms with Crippen molar-refractivity contribution < 1.29 is 18.0 Å². The first kappa shape index (κ1) is 26.8. The van der Waals surface area contributed by atoms with Crippen molar-refractivity contribution in [3.8, 4) is 0 Å². The molecule has 0 radical (unpaired) electrons. The van der Waals surface area contributed by atoms with Crippen LogP contribution >= 0.6 is 11.8 Å². The number of para-hydroxylation sites is 1. The Morgan fingerprint density at radius 2 is 1.53 bits per heavy atom. The lowest BCUT2D eigenvalue weighted by molar-refractivity contribution is -0.137. The average Bonchev–Trinajstić information content (AvgIpc) is 2.83. The second-order valence-electron chi connectivity index (χ2n) is 10.4. The van der Waals surface area contributed by atoms with Gasteiger partial charge in [-0.3, -0.25) is 9.69 Å².